The molecule has 0 aliphatic carbocycles. The maximum absolute atomic E-state index is 12.5. The van der Waals surface area contributed by atoms with Crippen LogP contribution in [-0.4, -0.2) is 20.9 Å². The Bertz CT molecular complexity index is 1190. The molecule has 0 spiro atoms. The van der Waals surface area contributed by atoms with E-state index in [0.29, 0.717) is 38.1 Å². The quantitative estimate of drug-likeness (QED) is 0.542. The van der Waals surface area contributed by atoms with E-state index in [2.05, 4.69) is 15.0 Å². The molecule has 0 amide bonds. The molecule has 1 aromatic carbocycles. The molecule has 136 valence electrons. The molecule has 27 heavy (non-hydrogen) atoms. The van der Waals surface area contributed by atoms with E-state index in [0.717, 1.165) is 16.9 Å². The number of esters is 1. The smallest absolute Gasteiger partial charge is 0.349 e. The SMILES string of the molecule is Cc1nc2sc(C(=O)OCc3ncc(-c4ccccc4)o3)c(C)c2c(=O)[nH]1. The van der Waals surface area contributed by atoms with Crippen LogP contribution in [0.4, 0.5) is 0 Å². The second-order valence-electron chi connectivity index (χ2n) is 5.95. The van der Waals surface area contributed by atoms with Gasteiger partial charge in [-0.3, -0.25) is 4.79 Å². The third-order valence-electron chi connectivity index (χ3n) is 4.04. The number of fused-ring (bicyclic) bond motifs is 1. The number of oxazole rings is 1. The largest absolute Gasteiger partial charge is 0.451 e. The zero-order valence-corrected chi connectivity index (χ0v) is 15.4. The molecule has 4 rings (SSSR count). The molecule has 0 unspecified atom stereocenters. The molecule has 0 saturated carbocycles. The van der Waals surface area contributed by atoms with Crippen molar-refractivity contribution < 1.29 is 13.9 Å². The van der Waals surface area contributed by atoms with Crippen molar-refractivity contribution in [3.05, 3.63) is 69.0 Å². The zero-order chi connectivity index (χ0) is 19.0. The lowest BCUT2D eigenvalue weighted by atomic mass is 10.2. The number of benzene rings is 1. The number of nitrogens with one attached hydrogen (secondary N) is 1. The maximum Gasteiger partial charge on any atom is 0.349 e. The first-order valence-corrected chi connectivity index (χ1v) is 9.02. The number of carbonyl (C=O) groups is 1. The van der Waals surface area contributed by atoms with Crippen LogP contribution in [0.1, 0.15) is 27.0 Å². The highest BCUT2D eigenvalue weighted by atomic mass is 32.1. The van der Waals surface area contributed by atoms with Gasteiger partial charge in [-0.1, -0.05) is 30.3 Å². The van der Waals surface area contributed by atoms with Crippen molar-refractivity contribution in [3.63, 3.8) is 0 Å². The van der Waals surface area contributed by atoms with E-state index in [4.69, 9.17) is 9.15 Å². The van der Waals surface area contributed by atoms with Gasteiger partial charge in [-0.2, -0.15) is 0 Å². The van der Waals surface area contributed by atoms with E-state index in [1.165, 1.54) is 0 Å². The second-order valence-corrected chi connectivity index (χ2v) is 6.95. The molecule has 0 bridgehead atoms. The Kier molecular flexibility index (Phi) is 4.33. The van der Waals surface area contributed by atoms with Crippen molar-refractivity contribution in [2.75, 3.05) is 0 Å². The predicted molar refractivity (Wildman–Crippen MR) is 101 cm³/mol. The number of nitrogens with zero attached hydrogens (tertiary/aromatic N) is 2. The van der Waals surface area contributed by atoms with Gasteiger partial charge < -0.3 is 14.1 Å². The van der Waals surface area contributed by atoms with Crippen LogP contribution < -0.4 is 5.56 Å². The van der Waals surface area contributed by atoms with E-state index in [1.54, 1.807) is 20.0 Å². The highest BCUT2D eigenvalue weighted by Gasteiger charge is 2.20. The van der Waals surface area contributed by atoms with Crippen LogP contribution in [0.3, 0.4) is 0 Å². The zero-order valence-electron chi connectivity index (χ0n) is 14.6. The van der Waals surface area contributed by atoms with Crippen LogP contribution >= 0.6 is 11.3 Å². The van der Waals surface area contributed by atoms with Gasteiger partial charge >= 0.3 is 5.97 Å². The number of H-pyrrole nitrogens is 1. The molecular formula is C19H15N3O4S. The number of hydrogen-bond acceptors (Lipinski definition) is 7. The second kappa shape index (κ2) is 6.81. The van der Waals surface area contributed by atoms with Crippen molar-refractivity contribution >= 4 is 27.5 Å². The van der Waals surface area contributed by atoms with Gasteiger partial charge in [0.25, 0.3) is 5.56 Å². The van der Waals surface area contributed by atoms with Gasteiger partial charge in [-0.05, 0) is 19.4 Å². The van der Waals surface area contributed by atoms with Crippen molar-refractivity contribution in [1.82, 2.24) is 15.0 Å². The minimum Gasteiger partial charge on any atom is -0.451 e. The molecule has 7 nitrogen and oxygen atoms in total. The van der Waals surface area contributed by atoms with E-state index < -0.39 is 5.97 Å². The molecule has 3 aromatic heterocycles. The molecule has 4 aromatic rings. The van der Waals surface area contributed by atoms with E-state index in [1.807, 2.05) is 30.3 Å². The number of aromatic amines is 1. The van der Waals surface area contributed by atoms with Crippen molar-refractivity contribution in [2.24, 2.45) is 0 Å². The average molecular weight is 381 g/mol. The topological polar surface area (TPSA) is 98.1 Å². The number of carbonyl (C=O) groups excluding carboxylic acids is 1. The fourth-order valence-corrected chi connectivity index (χ4v) is 3.87. The summed E-state index contributed by atoms with van der Waals surface area (Å²) in [5.74, 6) is 0.868. The lowest BCUT2D eigenvalue weighted by Gasteiger charge is -2.01. The first-order chi connectivity index (χ1) is 13.0. The van der Waals surface area contributed by atoms with Crippen molar-refractivity contribution in [1.29, 1.82) is 0 Å². The molecule has 3 heterocycles. The summed E-state index contributed by atoms with van der Waals surface area (Å²) in [6, 6.07) is 9.53. The Morgan fingerprint density at radius 2 is 2.04 bits per heavy atom. The lowest BCUT2D eigenvalue weighted by molar-refractivity contribution is 0.0444. The van der Waals surface area contributed by atoms with Crippen LogP contribution in [0.5, 0.6) is 0 Å². The van der Waals surface area contributed by atoms with Gasteiger partial charge in [0, 0.05) is 5.56 Å². The summed E-state index contributed by atoms with van der Waals surface area (Å²) in [5.41, 5.74) is 1.19. The van der Waals surface area contributed by atoms with Gasteiger partial charge in [0.2, 0.25) is 5.89 Å². The molecule has 0 radical (unpaired) electrons. The third-order valence-corrected chi connectivity index (χ3v) is 5.21. The minimum absolute atomic E-state index is 0.0951. The van der Waals surface area contributed by atoms with Gasteiger partial charge in [0.15, 0.2) is 12.4 Å². The number of aryl methyl sites for hydroxylation is 2. The minimum atomic E-state index is -0.535. The molecule has 1 N–H and O–H groups in total. The van der Waals surface area contributed by atoms with Crippen LogP contribution in [0, 0.1) is 13.8 Å². The summed E-state index contributed by atoms with van der Waals surface area (Å²) in [7, 11) is 0. The summed E-state index contributed by atoms with van der Waals surface area (Å²) in [4.78, 5) is 36.5. The fourth-order valence-electron chi connectivity index (χ4n) is 2.75. The van der Waals surface area contributed by atoms with E-state index in [9.17, 15) is 9.59 Å². The number of hydrogen-bond donors (Lipinski definition) is 1. The molecule has 0 saturated heterocycles. The van der Waals surface area contributed by atoms with Gasteiger partial charge in [-0.25, -0.2) is 14.8 Å². The molecular weight excluding hydrogens is 366 g/mol. The van der Waals surface area contributed by atoms with Gasteiger partial charge in [0.1, 0.15) is 15.5 Å². The fraction of sp³-hybridized carbons (Fsp3) is 0.158. The van der Waals surface area contributed by atoms with Crippen LogP contribution in [-0.2, 0) is 11.3 Å². The number of rotatable bonds is 4. The Morgan fingerprint density at radius 1 is 1.26 bits per heavy atom. The van der Waals surface area contributed by atoms with Crippen LogP contribution in [0.25, 0.3) is 21.5 Å². The Balaban J connectivity index is 1.53. The maximum atomic E-state index is 12.5. The number of aromatic nitrogens is 3. The summed E-state index contributed by atoms with van der Waals surface area (Å²) in [5, 5.41) is 0.417. The van der Waals surface area contributed by atoms with Crippen LogP contribution in [0.15, 0.2) is 45.7 Å². The number of thiophene rings is 1. The molecule has 0 atom stereocenters. The van der Waals surface area contributed by atoms with Crippen molar-refractivity contribution in [3.8, 4) is 11.3 Å². The summed E-state index contributed by atoms with van der Waals surface area (Å²) >= 11 is 1.14. The predicted octanol–water partition coefficient (Wildman–Crippen LogP) is 3.61. The monoisotopic (exact) mass is 381 g/mol. The van der Waals surface area contributed by atoms with Crippen LogP contribution in [0.2, 0.25) is 0 Å². The summed E-state index contributed by atoms with van der Waals surface area (Å²) in [6.07, 6.45) is 1.59. The highest BCUT2D eigenvalue weighted by molar-refractivity contribution is 7.20. The Hall–Kier alpha value is -3.26. The average Bonchev–Trinajstić information content (AvgIpc) is 3.25. The molecule has 0 aliphatic heterocycles. The molecule has 8 heteroatoms. The summed E-state index contributed by atoms with van der Waals surface area (Å²) in [6.45, 7) is 3.31. The first-order valence-electron chi connectivity index (χ1n) is 8.20. The normalized spacial score (nSPS) is 11.0. The van der Waals surface area contributed by atoms with E-state index >= 15 is 0 Å². The number of ether oxygens (including phenoxy) is 1. The molecule has 0 aliphatic rings. The highest BCUT2D eigenvalue weighted by Crippen LogP contribution is 2.28. The lowest BCUT2D eigenvalue weighted by Crippen LogP contribution is -2.10. The third kappa shape index (κ3) is 3.26. The van der Waals surface area contributed by atoms with Gasteiger partial charge in [-0.15, -0.1) is 11.3 Å². The Morgan fingerprint density at radius 3 is 2.81 bits per heavy atom. The van der Waals surface area contributed by atoms with E-state index in [-0.39, 0.29) is 12.2 Å². The summed E-state index contributed by atoms with van der Waals surface area (Å²) < 4.78 is 10.9. The molecule has 0 fully saturated rings. The van der Waals surface area contributed by atoms with Crippen molar-refractivity contribution in [2.45, 2.75) is 20.5 Å². The first kappa shape index (κ1) is 17.2. The standard InChI is InChI=1S/C19H15N3O4S/c1-10-15-17(23)21-11(2)22-18(15)27-16(10)19(24)25-9-14-20-8-13(26-14)12-6-4-3-5-7-12/h3-8H,9H2,1-2H3,(H,21,22,23). The van der Waals surface area contributed by atoms with Gasteiger partial charge in [0.05, 0.1) is 11.6 Å². The Labute approximate surface area is 157 Å².